The van der Waals surface area contributed by atoms with Gasteiger partial charge in [-0.2, -0.15) is 5.10 Å². The Balaban J connectivity index is 1.63. The first kappa shape index (κ1) is 29.9. The molecule has 3 aromatic carbocycles. The lowest BCUT2D eigenvalue weighted by atomic mass is 10.1. The number of nitrogens with one attached hydrogen (secondary N) is 3. The maximum Gasteiger partial charge on any atom is 0.329 e. The summed E-state index contributed by atoms with van der Waals surface area (Å²) in [6.07, 6.45) is 1.32. The van der Waals surface area contributed by atoms with Gasteiger partial charge in [0, 0.05) is 5.69 Å². The lowest BCUT2D eigenvalue weighted by molar-refractivity contribution is -0.136. The molecule has 0 aliphatic rings. The second-order valence-electron chi connectivity index (χ2n) is 8.23. The summed E-state index contributed by atoms with van der Waals surface area (Å²) < 4.78 is 11.9. The van der Waals surface area contributed by atoms with Gasteiger partial charge in [0.15, 0.2) is 18.1 Å². The van der Waals surface area contributed by atoms with E-state index in [1.54, 1.807) is 31.2 Å². The Morgan fingerprint density at radius 1 is 0.974 bits per heavy atom. The number of nitrogens with zero attached hydrogens (tertiary/aromatic N) is 1. The van der Waals surface area contributed by atoms with Gasteiger partial charge in [0.1, 0.15) is 0 Å². The lowest BCUT2D eigenvalue weighted by Crippen LogP contribution is -2.32. The van der Waals surface area contributed by atoms with Crippen LogP contribution in [0.3, 0.4) is 0 Å². The summed E-state index contributed by atoms with van der Waals surface area (Å²) in [5.41, 5.74) is 5.61. The van der Waals surface area contributed by atoms with Gasteiger partial charge in [-0.25, -0.2) is 5.43 Å². The normalized spacial score (nSPS) is 10.7. The Morgan fingerprint density at radius 2 is 1.69 bits per heavy atom. The third kappa shape index (κ3) is 8.71. The van der Waals surface area contributed by atoms with E-state index in [9.17, 15) is 14.4 Å². The molecule has 0 unspecified atom stereocenters. The highest BCUT2D eigenvalue weighted by Gasteiger charge is 2.17. The van der Waals surface area contributed by atoms with Crippen LogP contribution in [0.15, 0.2) is 58.1 Å². The van der Waals surface area contributed by atoms with Crippen LogP contribution < -0.4 is 25.5 Å². The van der Waals surface area contributed by atoms with Crippen molar-refractivity contribution in [2.24, 2.45) is 5.10 Å². The third-order valence-electron chi connectivity index (χ3n) is 4.97. The quantitative estimate of drug-likeness (QED) is 0.154. The van der Waals surface area contributed by atoms with Crippen molar-refractivity contribution in [2.45, 2.75) is 20.8 Å². The van der Waals surface area contributed by atoms with Crippen LogP contribution in [0.5, 0.6) is 11.5 Å². The van der Waals surface area contributed by atoms with E-state index in [2.05, 4.69) is 37.1 Å². The Labute approximate surface area is 244 Å². The Morgan fingerprint density at radius 3 is 2.38 bits per heavy atom. The number of amides is 3. The topological polar surface area (TPSA) is 118 Å². The van der Waals surface area contributed by atoms with Crippen molar-refractivity contribution < 1.29 is 23.9 Å². The van der Waals surface area contributed by atoms with Gasteiger partial charge < -0.3 is 20.1 Å². The van der Waals surface area contributed by atoms with Gasteiger partial charge in [-0.1, -0.05) is 35.3 Å². The van der Waals surface area contributed by atoms with E-state index in [4.69, 9.17) is 32.7 Å². The van der Waals surface area contributed by atoms with Gasteiger partial charge in [-0.3, -0.25) is 14.4 Å². The number of anilines is 2. The first-order valence-electron chi connectivity index (χ1n) is 11.6. The van der Waals surface area contributed by atoms with E-state index in [-0.39, 0.29) is 28.2 Å². The second kappa shape index (κ2) is 14.0. The van der Waals surface area contributed by atoms with Crippen LogP contribution in [-0.2, 0) is 14.4 Å². The average Bonchev–Trinajstić information content (AvgIpc) is 2.85. The Kier molecular flexibility index (Phi) is 10.7. The largest absolute Gasteiger partial charge is 0.490 e. The zero-order chi connectivity index (χ0) is 28.5. The molecule has 12 heteroatoms. The molecule has 0 aliphatic heterocycles. The molecule has 3 aromatic rings. The van der Waals surface area contributed by atoms with Crippen molar-refractivity contribution >= 4 is 74.4 Å². The van der Waals surface area contributed by atoms with Crippen molar-refractivity contribution in [3.05, 3.63) is 79.7 Å². The van der Waals surface area contributed by atoms with Crippen LogP contribution in [0.2, 0.25) is 10.0 Å². The number of hydrogen-bond donors (Lipinski definition) is 3. The molecule has 0 aromatic heterocycles. The van der Waals surface area contributed by atoms with E-state index in [1.807, 2.05) is 32.0 Å². The van der Waals surface area contributed by atoms with E-state index >= 15 is 0 Å². The minimum absolute atomic E-state index is 0.113. The van der Waals surface area contributed by atoms with Gasteiger partial charge in [0.25, 0.3) is 5.91 Å². The number of rotatable bonds is 9. The van der Waals surface area contributed by atoms with Gasteiger partial charge in [0.2, 0.25) is 0 Å². The predicted octanol–water partition coefficient (Wildman–Crippen LogP) is 5.88. The van der Waals surface area contributed by atoms with Crippen LogP contribution in [0.25, 0.3) is 0 Å². The third-order valence-corrected chi connectivity index (χ3v) is 6.38. The minimum Gasteiger partial charge on any atom is -0.490 e. The molecular weight excluding hydrogens is 611 g/mol. The van der Waals surface area contributed by atoms with Gasteiger partial charge in [-0.15, -0.1) is 0 Å². The minimum atomic E-state index is -1.01. The van der Waals surface area contributed by atoms with Gasteiger partial charge in [0.05, 0.1) is 33.0 Å². The number of hydrazone groups is 1. The summed E-state index contributed by atoms with van der Waals surface area (Å²) in [5, 5.41) is 9.36. The Bertz CT molecular complexity index is 1410. The molecular formula is C27H25BrCl2N4O5. The van der Waals surface area contributed by atoms with Crippen molar-refractivity contribution in [1.29, 1.82) is 0 Å². The fourth-order valence-electron chi connectivity index (χ4n) is 3.44. The molecule has 0 fully saturated rings. The Hall–Kier alpha value is -3.60. The molecule has 204 valence electrons. The van der Waals surface area contributed by atoms with Crippen LogP contribution in [0.1, 0.15) is 23.6 Å². The molecule has 0 heterocycles. The highest BCUT2D eigenvalue weighted by Crippen LogP contribution is 2.36. The maximum absolute atomic E-state index is 12.5. The molecule has 0 bridgehead atoms. The standard InChI is InChI=1S/C27H25BrCl2N4O5/c1-4-38-22-12-17(13-31-34-27(37)26(36)33-21-7-5-6-20(29)24(21)30)11-19(28)25(22)39-14-23(35)32-18-9-15(2)8-16(3)10-18/h5-13H,4,14H2,1-3H3,(H,32,35)(H,33,36)(H,34,37)/b31-13-. The zero-order valence-electron chi connectivity index (χ0n) is 21.2. The van der Waals surface area contributed by atoms with Crippen LogP contribution in [-0.4, -0.2) is 37.1 Å². The number of benzene rings is 3. The number of aryl methyl sites for hydroxylation is 2. The summed E-state index contributed by atoms with van der Waals surface area (Å²) >= 11 is 15.4. The lowest BCUT2D eigenvalue weighted by Gasteiger charge is -2.15. The molecule has 0 saturated carbocycles. The molecule has 0 saturated heterocycles. The van der Waals surface area contributed by atoms with Crippen molar-refractivity contribution in [2.75, 3.05) is 23.8 Å². The molecule has 0 atom stereocenters. The molecule has 9 nitrogen and oxygen atoms in total. The van der Waals surface area contributed by atoms with E-state index in [0.717, 1.165) is 11.1 Å². The zero-order valence-corrected chi connectivity index (χ0v) is 24.3. The summed E-state index contributed by atoms with van der Waals surface area (Å²) in [6.45, 7) is 5.79. The van der Waals surface area contributed by atoms with Crippen molar-refractivity contribution in [3.8, 4) is 11.5 Å². The number of hydrogen-bond acceptors (Lipinski definition) is 6. The number of carbonyl (C=O) groups is 3. The van der Waals surface area contributed by atoms with Crippen molar-refractivity contribution in [3.63, 3.8) is 0 Å². The second-order valence-corrected chi connectivity index (χ2v) is 9.87. The highest BCUT2D eigenvalue weighted by molar-refractivity contribution is 9.10. The summed E-state index contributed by atoms with van der Waals surface area (Å²) in [6, 6.07) is 13.7. The first-order valence-corrected chi connectivity index (χ1v) is 13.2. The van der Waals surface area contributed by atoms with Crippen LogP contribution in [0.4, 0.5) is 11.4 Å². The van der Waals surface area contributed by atoms with Crippen LogP contribution >= 0.6 is 39.1 Å². The first-order chi connectivity index (χ1) is 18.6. The number of ether oxygens (including phenoxy) is 2. The molecule has 3 N–H and O–H groups in total. The SMILES string of the molecule is CCOc1cc(/C=N\NC(=O)C(=O)Nc2cccc(Cl)c2Cl)cc(Br)c1OCC(=O)Nc1cc(C)cc(C)c1. The number of halogens is 3. The molecule has 3 rings (SSSR count). The maximum atomic E-state index is 12.5. The summed E-state index contributed by atoms with van der Waals surface area (Å²) in [7, 11) is 0. The monoisotopic (exact) mass is 634 g/mol. The molecule has 0 radical (unpaired) electrons. The van der Waals surface area contributed by atoms with E-state index in [0.29, 0.717) is 33.8 Å². The number of carbonyl (C=O) groups excluding carboxylic acids is 3. The molecule has 39 heavy (non-hydrogen) atoms. The fourth-order valence-corrected chi connectivity index (χ4v) is 4.36. The average molecular weight is 636 g/mol. The van der Waals surface area contributed by atoms with E-state index < -0.39 is 11.8 Å². The fraction of sp³-hybridized carbons (Fsp3) is 0.185. The summed E-state index contributed by atoms with van der Waals surface area (Å²) in [5.74, 6) is -1.64. The van der Waals surface area contributed by atoms with Crippen molar-refractivity contribution in [1.82, 2.24) is 5.43 Å². The molecule has 0 aliphatic carbocycles. The smallest absolute Gasteiger partial charge is 0.329 e. The molecule has 0 spiro atoms. The van der Waals surface area contributed by atoms with Gasteiger partial charge >= 0.3 is 11.8 Å². The van der Waals surface area contributed by atoms with Gasteiger partial charge in [-0.05, 0) is 89.8 Å². The predicted molar refractivity (Wildman–Crippen MR) is 156 cm³/mol. The highest BCUT2D eigenvalue weighted by atomic mass is 79.9. The summed E-state index contributed by atoms with van der Waals surface area (Å²) in [4.78, 5) is 36.8. The van der Waals surface area contributed by atoms with E-state index in [1.165, 1.54) is 12.3 Å². The molecule has 3 amide bonds. The van der Waals surface area contributed by atoms with Crippen LogP contribution in [0, 0.1) is 13.8 Å².